The van der Waals surface area contributed by atoms with Gasteiger partial charge in [0.2, 0.25) is 0 Å². The van der Waals surface area contributed by atoms with Crippen LogP contribution in [0.3, 0.4) is 0 Å². The Bertz CT molecular complexity index is 220. The van der Waals surface area contributed by atoms with Crippen molar-refractivity contribution in [3.8, 4) is 0 Å². The first-order chi connectivity index (χ1) is 6.41. The first-order valence-electron chi connectivity index (χ1n) is 3.76. The van der Waals surface area contributed by atoms with E-state index in [0.717, 1.165) is 0 Å². The molecule has 0 amide bonds. The molecule has 0 aliphatic heterocycles. The number of hydrogen-bond acceptors (Lipinski definition) is 1. The zero-order chi connectivity index (χ0) is 9.78. The third-order valence-electron chi connectivity index (χ3n) is 1.11. The van der Waals surface area contributed by atoms with Crippen molar-refractivity contribution in [2.75, 3.05) is 0 Å². The zero-order valence-corrected chi connectivity index (χ0v) is 8.97. The molecular weight excluding hydrogens is 213 g/mol. The minimum atomic E-state index is 0. The molecule has 2 nitrogen and oxygen atoms in total. The monoisotopic (exact) mass is 223 g/mol. The average molecular weight is 223 g/mol. The molecule has 3 heteroatoms. The first-order valence-corrected chi connectivity index (χ1v) is 3.76. The maximum absolute atomic E-state index is 8.24. The molecule has 0 saturated carbocycles. The Hall–Kier alpha value is -1.34. The largest absolute Gasteiger partial charge is 0.724 e. The Morgan fingerprint density at radius 3 is 1.14 bits per heavy atom. The molecule has 0 aliphatic carbocycles. The summed E-state index contributed by atoms with van der Waals surface area (Å²) in [5.41, 5.74) is 0. The van der Waals surface area contributed by atoms with Gasteiger partial charge >= 0.3 is 0 Å². The van der Waals surface area contributed by atoms with Crippen LogP contribution in [0.4, 0.5) is 0 Å². The van der Waals surface area contributed by atoms with Gasteiger partial charge in [0.25, 0.3) is 0 Å². The van der Waals surface area contributed by atoms with Gasteiger partial charge in [0.1, 0.15) is 0 Å². The van der Waals surface area contributed by atoms with Crippen molar-refractivity contribution in [1.82, 2.24) is 0 Å². The minimum absolute atomic E-state index is 0. The molecule has 0 bridgehead atoms. The van der Waals surface area contributed by atoms with Crippen LogP contribution in [0.1, 0.15) is 0 Å². The summed E-state index contributed by atoms with van der Waals surface area (Å²) in [6.45, 7) is 0. The number of nitrogens with zero attached hydrogens (tertiary/aromatic N) is 1. The summed E-state index contributed by atoms with van der Waals surface area (Å²) >= 11 is 0. The molecule has 2 rings (SSSR count). The second-order valence-corrected chi connectivity index (χ2v) is 2.02. The molecule has 0 saturated heterocycles. The maximum Gasteiger partial charge on any atom is 0 e. The predicted octanol–water partition coefficient (Wildman–Crippen LogP) is 2.70. The van der Waals surface area contributed by atoms with E-state index >= 15 is 0 Å². The molecule has 0 unspecified atom stereocenters. The SMILES string of the molecule is [N-]=C=O.[V].c1cc[cH-]c1.c1cc[cH-]c1. The molecule has 14 heavy (non-hydrogen) atoms. The fraction of sp³-hybridized carbons (Fsp3) is 0. The van der Waals surface area contributed by atoms with E-state index in [0.29, 0.717) is 6.08 Å². The van der Waals surface area contributed by atoms with E-state index < -0.39 is 0 Å². The second kappa shape index (κ2) is 14.2. The van der Waals surface area contributed by atoms with Gasteiger partial charge in [-0.05, 0) is 6.08 Å². The van der Waals surface area contributed by atoms with E-state index in [9.17, 15) is 0 Å². The van der Waals surface area contributed by atoms with E-state index in [4.69, 9.17) is 10.2 Å². The van der Waals surface area contributed by atoms with Gasteiger partial charge in [-0.2, -0.15) is 36.4 Å². The summed E-state index contributed by atoms with van der Waals surface area (Å²) in [7, 11) is 0. The van der Waals surface area contributed by atoms with Crippen LogP contribution >= 0.6 is 0 Å². The van der Waals surface area contributed by atoms with Crippen LogP contribution in [0, 0.1) is 0 Å². The Morgan fingerprint density at radius 1 is 0.857 bits per heavy atom. The molecule has 0 aliphatic rings. The van der Waals surface area contributed by atoms with Crippen LogP contribution in [0.15, 0.2) is 60.7 Å². The van der Waals surface area contributed by atoms with E-state index in [-0.39, 0.29) is 18.6 Å². The Kier molecular flexibility index (Phi) is 15.4. The third kappa shape index (κ3) is 13.3. The summed E-state index contributed by atoms with van der Waals surface area (Å²) in [5.74, 6) is 0. The van der Waals surface area contributed by atoms with Crippen molar-refractivity contribution in [1.29, 1.82) is 0 Å². The normalized spacial score (nSPS) is 6.29. The van der Waals surface area contributed by atoms with Crippen LogP contribution in [-0.4, -0.2) is 6.08 Å². The third-order valence-corrected chi connectivity index (χ3v) is 1.11. The summed E-state index contributed by atoms with van der Waals surface area (Å²) in [5, 5.41) is 6.76. The molecule has 2 aromatic carbocycles. The fourth-order valence-corrected chi connectivity index (χ4v) is 0.642. The molecule has 0 aromatic heterocycles. The van der Waals surface area contributed by atoms with Crippen LogP contribution in [0.25, 0.3) is 5.41 Å². The quantitative estimate of drug-likeness (QED) is 0.384. The van der Waals surface area contributed by atoms with Crippen LogP contribution in [0.2, 0.25) is 0 Å². The van der Waals surface area contributed by atoms with Gasteiger partial charge in [-0.25, -0.2) is 24.3 Å². The van der Waals surface area contributed by atoms with Gasteiger partial charge in [-0.1, -0.05) is 0 Å². The van der Waals surface area contributed by atoms with Gasteiger partial charge in [0.15, 0.2) is 0 Å². The molecular formula is C11H10NOV-3. The molecule has 2 aromatic rings. The molecule has 1 radical (unpaired) electrons. The smallest absolute Gasteiger partial charge is 0 e. The van der Waals surface area contributed by atoms with Crippen LogP contribution in [-0.2, 0) is 23.4 Å². The zero-order valence-electron chi connectivity index (χ0n) is 7.58. The summed E-state index contributed by atoms with van der Waals surface area (Å²) < 4.78 is 0. The van der Waals surface area contributed by atoms with Gasteiger partial charge in [-0.3, -0.25) is 4.79 Å². The maximum atomic E-state index is 8.24. The van der Waals surface area contributed by atoms with Crippen LogP contribution in [0.5, 0.6) is 0 Å². The molecule has 0 spiro atoms. The fourth-order valence-electron chi connectivity index (χ4n) is 0.642. The number of carbonyl (C=O) groups excluding carboxylic acids is 1. The predicted molar refractivity (Wildman–Crippen MR) is 53.1 cm³/mol. The van der Waals surface area contributed by atoms with Crippen molar-refractivity contribution in [3.05, 3.63) is 66.1 Å². The molecule has 0 heterocycles. The first kappa shape index (κ1) is 15.2. The number of isocyanates is 1. The topological polar surface area (TPSA) is 39.4 Å². The summed E-state index contributed by atoms with van der Waals surface area (Å²) in [6.07, 6.45) is 0.500. The Balaban J connectivity index is 0. The van der Waals surface area contributed by atoms with Gasteiger partial charge in [-0.15, -0.1) is 0 Å². The summed E-state index contributed by atoms with van der Waals surface area (Å²) in [4.78, 5) is 8.24. The standard InChI is InChI=1S/2C5H5.CNO.V/c2*1-2-4-5-3-1;2-1-3;/h2*1-5H;;/q3*-1;. The van der Waals surface area contributed by atoms with Crippen molar-refractivity contribution in [3.63, 3.8) is 0 Å². The van der Waals surface area contributed by atoms with Gasteiger partial charge in [0.05, 0.1) is 0 Å². The minimum Gasteiger partial charge on any atom is -0.724 e. The number of rotatable bonds is 0. The van der Waals surface area contributed by atoms with Crippen molar-refractivity contribution in [2.24, 2.45) is 0 Å². The van der Waals surface area contributed by atoms with Gasteiger partial charge in [0, 0.05) is 18.6 Å². The van der Waals surface area contributed by atoms with Crippen molar-refractivity contribution >= 4 is 6.08 Å². The molecule has 73 valence electrons. The molecule has 0 N–H and O–H groups in total. The van der Waals surface area contributed by atoms with E-state index in [2.05, 4.69) is 0 Å². The number of hydrogen-bond donors (Lipinski definition) is 0. The van der Waals surface area contributed by atoms with Crippen molar-refractivity contribution < 1.29 is 23.4 Å². The molecule has 0 atom stereocenters. The van der Waals surface area contributed by atoms with Crippen molar-refractivity contribution in [2.45, 2.75) is 0 Å². The van der Waals surface area contributed by atoms with E-state index in [1.165, 1.54) is 0 Å². The summed E-state index contributed by atoms with van der Waals surface area (Å²) in [6, 6.07) is 20.0. The van der Waals surface area contributed by atoms with Gasteiger partial charge < -0.3 is 5.41 Å². The Morgan fingerprint density at radius 2 is 1.07 bits per heavy atom. The van der Waals surface area contributed by atoms with E-state index in [1.807, 2.05) is 60.7 Å². The Labute approximate surface area is 95.7 Å². The van der Waals surface area contributed by atoms with E-state index in [1.54, 1.807) is 0 Å². The molecule has 0 fully saturated rings. The average Bonchev–Trinajstić information content (AvgIpc) is 2.85. The second-order valence-electron chi connectivity index (χ2n) is 2.02. The van der Waals surface area contributed by atoms with Crippen LogP contribution < -0.4 is 0 Å².